The fourth-order valence-electron chi connectivity index (χ4n) is 3.65. The van der Waals surface area contributed by atoms with Crippen LogP contribution in [-0.2, 0) is 0 Å². The Bertz CT molecular complexity index is 1050. The van der Waals surface area contributed by atoms with Crippen molar-refractivity contribution in [2.75, 3.05) is 18.4 Å². The first-order valence-electron chi connectivity index (χ1n) is 9.90. The van der Waals surface area contributed by atoms with Crippen molar-refractivity contribution in [3.8, 4) is 0 Å². The molecule has 2 heterocycles. The van der Waals surface area contributed by atoms with E-state index in [4.69, 9.17) is 11.6 Å². The van der Waals surface area contributed by atoms with Crippen molar-refractivity contribution in [2.45, 2.75) is 25.7 Å². The lowest BCUT2D eigenvalue weighted by molar-refractivity contribution is 0.0707. The number of thiazole rings is 1. The van der Waals surface area contributed by atoms with Gasteiger partial charge in [-0.3, -0.25) is 9.59 Å². The van der Waals surface area contributed by atoms with Gasteiger partial charge in [-0.2, -0.15) is 0 Å². The summed E-state index contributed by atoms with van der Waals surface area (Å²) in [6, 6.07) is 16.4. The Morgan fingerprint density at radius 3 is 2.60 bits per heavy atom. The number of rotatable bonds is 4. The van der Waals surface area contributed by atoms with Crippen LogP contribution in [-0.4, -0.2) is 34.8 Å². The van der Waals surface area contributed by atoms with E-state index in [2.05, 4.69) is 10.3 Å². The third kappa shape index (κ3) is 4.55. The molecule has 0 spiro atoms. The highest BCUT2D eigenvalue weighted by Crippen LogP contribution is 2.32. The molecule has 0 bridgehead atoms. The third-order valence-electron chi connectivity index (χ3n) is 5.20. The molecule has 1 atom stereocenters. The van der Waals surface area contributed by atoms with Gasteiger partial charge >= 0.3 is 0 Å². The van der Waals surface area contributed by atoms with E-state index in [9.17, 15) is 9.59 Å². The van der Waals surface area contributed by atoms with E-state index in [-0.39, 0.29) is 17.7 Å². The van der Waals surface area contributed by atoms with E-state index < -0.39 is 0 Å². The molecule has 4 rings (SSSR count). The number of hydrogen-bond acceptors (Lipinski definition) is 4. The molecule has 1 aliphatic heterocycles. The lowest BCUT2D eigenvalue weighted by Gasteiger charge is -2.32. The number of aromatic nitrogens is 1. The predicted octanol–water partition coefficient (Wildman–Crippen LogP) is 5.38. The molecule has 1 fully saturated rings. The van der Waals surface area contributed by atoms with E-state index in [1.54, 1.807) is 24.3 Å². The van der Waals surface area contributed by atoms with Crippen LogP contribution in [0.25, 0.3) is 0 Å². The maximum atomic E-state index is 12.8. The molecule has 5 nitrogen and oxygen atoms in total. The minimum atomic E-state index is -0.174. The summed E-state index contributed by atoms with van der Waals surface area (Å²) < 4.78 is 0. The molecule has 30 heavy (non-hydrogen) atoms. The summed E-state index contributed by atoms with van der Waals surface area (Å²) in [4.78, 5) is 32.7. The minimum Gasteiger partial charge on any atom is -0.338 e. The van der Waals surface area contributed by atoms with Crippen LogP contribution in [0.4, 0.5) is 5.69 Å². The lowest BCUT2D eigenvalue weighted by Crippen LogP contribution is -2.39. The van der Waals surface area contributed by atoms with E-state index in [0.717, 1.165) is 24.4 Å². The SMILES string of the molecule is Cc1nc([C@@H]2CCCN(C(=O)c3ccccc3)C2)sc1C(=O)Nc1ccc(Cl)cc1. The van der Waals surface area contributed by atoms with Gasteiger partial charge in [-0.1, -0.05) is 29.8 Å². The number of carbonyl (C=O) groups is 2. The van der Waals surface area contributed by atoms with Gasteiger partial charge in [0.1, 0.15) is 4.88 Å². The Kier molecular flexibility index (Phi) is 6.16. The van der Waals surface area contributed by atoms with Gasteiger partial charge in [0, 0.05) is 35.3 Å². The van der Waals surface area contributed by atoms with Gasteiger partial charge in [0.15, 0.2) is 0 Å². The monoisotopic (exact) mass is 439 g/mol. The maximum Gasteiger partial charge on any atom is 0.267 e. The van der Waals surface area contributed by atoms with Crippen LogP contribution >= 0.6 is 22.9 Å². The van der Waals surface area contributed by atoms with Crippen molar-refractivity contribution < 1.29 is 9.59 Å². The summed E-state index contributed by atoms with van der Waals surface area (Å²) in [6.45, 7) is 3.23. The summed E-state index contributed by atoms with van der Waals surface area (Å²) in [7, 11) is 0. The average molecular weight is 440 g/mol. The number of amides is 2. The van der Waals surface area contributed by atoms with Crippen LogP contribution in [0.5, 0.6) is 0 Å². The number of nitrogens with zero attached hydrogens (tertiary/aromatic N) is 2. The van der Waals surface area contributed by atoms with Gasteiger partial charge in [0.25, 0.3) is 11.8 Å². The molecule has 0 unspecified atom stereocenters. The van der Waals surface area contributed by atoms with Gasteiger partial charge < -0.3 is 10.2 Å². The zero-order valence-electron chi connectivity index (χ0n) is 16.6. The van der Waals surface area contributed by atoms with Gasteiger partial charge in [-0.05, 0) is 56.2 Å². The van der Waals surface area contributed by atoms with Crippen molar-refractivity contribution >= 4 is 40.4 Å². The zero-order chi connectivity index (χ0) is 21.1. The van der Waals surface area contributed by atoms with Gasteiger partial charge in [0.05, 0.1) is 10.7 Å². The van der Waals surface area contributed by atoms with Gasteiger partial charge in [-0.25, -0.2) is 4.98 Å². The highest BCUT2D eigenvalue weighted by atomic mass is 35.5. The van der Waals surface area contributed by atoms with E-state index in [1.807, 2.05) is 42.2 Å². The fraction of sp³-hybridized carbons (Fsp3) is 0.261. The predicted molar refractivity (Wildman–Crippen MR) is 121 cm³/mol. The molecule has 154 valence electrons. The Hall–Kier alpha value is -2.70. The maximum absolute atomic E-state index is 12.8. The number of anilines is 1. The van der Waals surface area contributed by atoms with Gasteiger partial charge in [-0.15, -0.1) is 11.3 Å². The smallest absolute Gasteiger partial charge is 0.267 e. The topological polar surface area (TPSA) is 62.3 Å². The van der Waals surface area contributed by atoms with Crippen LogP contribution in [0.15, 0.2) is 54.6 Å². The van der Waals surface area contributed by atoms with E-state index in [0.29, 0.717) is 33.4 Å². The molecular formula is C23H22ClN3O2S. The number of halogens is 1. The first-order chi connectivity index (χ1) is 14.5. The number of hydrogen-bond donors (Lipinski definition) is 1. The number of aryl methyl sites for hydroxylation is 1. The van der Waals surface area contributed by atoms with E-state index in [1.165, 1.54) is 11.3 Å². The first kappa shape index (κ1) is 20.6. The molecule has 7 heteroatoms. The molecule has 0 saturated carbocycles. The quantitative estimate of drug-likeness (QED) is 0.593. The summed E-state index contributed by atoms with van der Waals surface area (Å²) in [6.07, 6.45) is 1.89. The minimum absolute atomic E-state index is 0.0503. The molecule has 3 aromatic rings. The van der Waals surface area contributed by atoms with Crippen LogP contribution in [0.1, 0.15) is 49.5 Å². The largest absolute Gasteiger partial charge is 0.338 e. The Labute approximate surface area is 184 Å². The highest BCUT2D eigenvalue weighted by Gasteiger charge is 2.28. The molecule has 0 radical (unpaired) electrons. The average Bonchev–Trinajstić information content (AvgIpc) is 3.17. The lowest BCUT2D eigenvalue weighted by atomic mass is 9.98. The molecule has 1 aromatic heterocycles. The number of nitrogens with one attached hydrogen (secondary N) is 1. The van der Waals surface area contributed by atoms with Crippen LogP contribution < -0.4 is 5.32 Å². The Balaban J connectivity index is 1.47. The highest BCUT2D eigenvalue weighted by molar-refractivity contribution is 7.14. The fourth-order valence-corrected chi connectivity index (χ4v) is 4.86. The molecular weight excluding hydrogens is 418 g/mol. The molecule has 1 N–H and O–H groups in total. The summed E-state index contributed by atoms with van der Waals surface area (Å²) in [5, 5.41) is 4.44. The number of carbonyl (C=O) groups excluding carboxylic acids is 2. The molecule has 2 amide bonds. The van der Waals surface area contributed by atoms with Gasteiger partial charge in [0.2, 0.25) is 0 Å². The van der Waals surface area contributed by atoms with Crippen molar-refractivity contribution in [1.29, 1.82) is 0 Å². The third-order valence-corrected chi connectivity index (χ3v) is 6.77. The van der Waals surface area contributed by atoms with Crippen molar-refractivity contribution in [2.24, 2.45) is 0 Å². The second-order valence-corrected chi connectivity index (χ2v) is 8.85. The second kappa shape index (κ2) is 8.98. The molecule has 2 aromatic carbocycles. The summed E-state index contributed by atoms with van der Waals surface area (Å²) in [5.41, 5.74) is 2.11. The molecule has 1 saturated heterocycles. The Morgan fingerprint density at radius 2 is 1.87 bits per heavy atom. The van der Waals surface area contributed by atoms with Crippen molar-refractivity contribution in [3.63, 3.8) is 0 Å². The standard InChI is InChI=1S/C23H22ClN3O2S/c1-15-20(21(28)26-19-11-9-18(24)10-12-19)30-22(25-15)17-8-5-13-27(14-17)23(29)16-6-3-2-4-7-16/h2-4,6-7,9-12,17H,5,8,13-14H2,1H3,(H,26,28)/t17-/m1/s1. The molecule has 1 aliphatic rings. The number of benzene rings is 2. The molecule has 0 aliphatic carbocycles. The van der Waals surface area contributed by atoms with Crippen LogP contribution in [0, 0.1) is 6.92 Å². The number of piperidine rings is 1. The van der Waals surface area contributed by atoms with Crippen LogP contribution in [0.2, 0.25) is 5.02 Å². The van der Waals surface area contributed by atoms with E-state index >= 15 is 0 Å². The zero-order valence-corrected chi connectivity index (χ0v) is 18.2. The second-order valence-electron chi connectivity index (χ2n) is 7.38. The Morgan fingerprint density at radius 1 is 1.13 bits per heavy atom. The first-order valence-corrected chi connectivity index (χ1v) is 11.1. The number of likely N-dealkylation sites (tertiary alicyclic amines) is 1. The summed E-state index contributed by atoms with van der Waals surface area (Å²) >= 11 is 7.32. The van der Waals surface area contributed by atoms with Crippen molar-refractivity contribution in [1.82, 2.24) is 9.88 Å². The normalized spacial score (nSPS) is 16.3. The van der Waals surface area contributed by atoms with Crippen LogP contribution in [0.3, 0.4) is 0 Å². The summed E-state index contributed by atoms with van der Waals surface area (Å²) in [5.74, 6) is 0.0214. The van der Waals surface area contributed by atoms with Crippen molar-refractivity contribution in [3.05, 3.63) is 80.8 Å².